The maximum Gasteiger partial charge on any atom is 0.218 e. The zero-order valence-corrected chi connectivity index (χ0v) is 7.58. The lowest BCUT2D eigenvalue weighted by molar-refractivity contribution is -0.118. The molecule has 0 aromatic heterocycles. The van der Waals surface area contributed by atoms with Gasteiger partial charge in [-0.3, -0.25) is 4.79 Å². The third-order valence-electron chi connectivity index (χ3n) is 1.63. The predicted octanol–water partition coefficient (Wildman–Crippen LogP) is 1.48. The minimum absolute atomic E-state index is 0.529. The van der Waals surface area contributed by atoms with Crippen LogP contribution in [0, 0.1) is 6.92 Å². The first kappa shape index (κ1) is 9.29. The van der Waals surface area contributed by atoms with E-state index in [0.29, 0.717) is 5.56 Å². The van der Waals surface area contributed by atoms with Crippen molar-refractivity contribution in [3.05, 3.63) is 35.4 Å². The van der Waals surface area contributed by atoms with Gasteiger partial charge < -0.3 is 5.11 Å². The van der Waals surface area contributed by atoms with Crippen LogP contribution in [0.15, 0.2) is 24.3 Å². The summed E-state index contributed by atoms with van der Waals surface area (Å²) in [6.45, 7) is 1.94. The van der Waals surface area contributed by atoms with E-state index in [-0.39, 0.29) is 0 Å². The normalized spacial score (nSPS) is 12.6. The Labute approximate surface area is 76.6 Å². The lowest BCUT2D eigenvalue weighted by atomic mass is 10.1. The highest BCUT2D eigenvalue weighted by molar-refractivity contribution is 7.96. The second kappa shape index (κ2) is 3.74. The first-order chi connectivity index (χ1) is 5.61. The van der Waals surface area contributed by atoms with Gasteiger partial charge in [-0.1, -0.05) is 29.8 Å². The lowest BCUT2D eigenvalue weighted by Gasteiger charge is -2.05. The minimum Gasteiger partial charge on any atom is -0.380 e. The average Bonchev–Trinajstić information content (AvgIpc) is 2.04. The van der Waals surface area contributed by atoms with Gasteiger partial charge in [0, 0.05) is 0 Å². The number of aryl methyl sites for hydroxylation is 1. The summed E-state index contributed by atoms with van der Waals surface area (Å²) in [5, 5.41) is 8.73. The third kappa shape index (κ3) is 2.09. The molecule has 2 nitrogen and oxygen atoms in total. The average molecular weight is 182 g/mol. The molecule has 3 heteroatoms. The van der Waals surface area contributed by atoms with E-state index in [9.17, 15) is 9.90 Å². The fourth-order valence-corrected chi connectivity index (χ4v) is 1.04. The van der Waals surface area contributed by atoms with Crippen LogP contribution in [0.5, 0.6) is 0 Å². The maximum atomic E-state index is 10.6. The van der Waals surface area contributed by atoms with Crippen LogP contribution in [0.2, 0.25) is 0 Å². The van der Waals surface area contributed by atoms with Gasteiger partial charge in [0.2, 0.25) is 5.12 Å². The number of benzene rings is 1. The molecule has 0 aliphatic rings. The number of carbonyl (C=O) groups excluding carboxylic acids is 1. The Balaban J connectivity index is 2.89. The van der Waals surface area contributed by atoms with E-state index in [1.54, 1.807) is 12.1 Å². The summed E-state index contributed by atoms with van der Waals surface area (Å²) in [7, 11) is 0. The van der Waals surface area contributed by atoms with Crippen LogP contribution in [0.4, 0.5) is 0 Å². The third-order valence-corrected chi connectivity index (χ3v) is 1.87. The van der Waals surface area contributed by atoms with Crippen molar-refractivity contribution in [3.63, 3.8) is 0 Å². The summed E-state index contributed by atoms with van der Waals surface area (Å²) in [6, 6.07) is 7.12. The Hall–Kier alpha value is -0.800. The van der Waals surface area contributed by atoms with E-state index in [2.05, 4.69) is 12.6 Å². The zero-order chi connectivity index (χ0) is 9.14. The van der Waals surface area contributed by atoms with Crippen LogP contribution in [0.3, 0.4) is 0 Å². The van der Waals surface area contributed by atoms with Crippen molar-refractivity contribution in [2.45, 2.75) is 13.0 Å². The molecule has 0 radical (unpaired) electrons. The molecule has 12 heavy (non-hydrogen) atoms. The first-order valence-corrected chi connectivity index (χ1v) is 4.03. The summed E-state index contributed by atoms with van der Waals surface area (Å²) in [4.78, 5) is 10.6. The second-order valence-electron chi connectivity index (χ2n) is 2.65. The van der Waals surface area contributed by atoms with Crippen molar-refractivity contribution in [1.82, 2.24) is 0 Å². The number of aliphatic hydroxyl groups is 1. The summed E-state index contributed by atoms with van der Waals surface area (Å²) >= 11 is 3.54. The van der Waals surface area contributed by atoms with E-state index >= 15 is 0 Å². The number of carbonyl (C=O) groups is 1. The molecule has 1 atom stereocenters. The smallest absolute Gasteiger partial charge is 0.218 e. The molecule has 1 aromatic rings. The van der Waals surface area contributed by atoms with E-state index in [1.165, 1.54) is 0 Å². The number of thiol groups is 1. The molecule has 1 N–H and O–H groups in total. The van der Waals surface area contributed by atoms with Gasteiger partial charge in [-0.05, 0) is 12.5 Å². The molecule has 0 heterocycles. The van der Waals surface area contributed by atoms with Gasteiger partial charge in [0.25, 0.3) is 0 Å². The van der Waals surface area contributed by atoms with Gasteiger partial charge in [-0.25, -0.2) is 0 Å². The molecule has 0 unspecified atom stereocenters. The van der Waals surface area contributed by atoms with Crippen molar-refractivity contribution in [2.75, 3.05) is 0 Å². The molecular formula is C9H10O2S. The summed E-state index contributed by atoms with van der Waals surface area (Å²) in [6.07, 6.45) is -1.10. The summed E-state index contributed by atoms with van der Waals surface area (Å²) in [5.74, 6) is 0. The predicted molar refractivity (Wildman–Crippen MR) is 50.1 cm³/mol. The summed E-state index contributed by atoms with van der Waals surface area (Å²) in [5.41, 5.74) is 1.68. The van der Waals surface area contributed by atoms with Crippen molar-refractivity contribution in [3.8, 4) is 0 Å². The van der Waals surface area contributed by atoms with Crippen molar-refractivity contribution in [1.29, 1.82) is 0 Å². The fraction of sp³-hybridized carbons (Fsp3) is 0.222. The van der Waals surface area contributed by atoms with E-state index in [0.717, 1.165) is 5.56 Å². The van der Waals surface area contributed by atoms with Gasteiger partial charge in [-0.15, -0.1) is 12.6 Å². The molecule has 64 valence electrons. The molecule has 0 saturated heterocycles. The maximum absolute atomic E-state index is 10.6. The molecule has 0 aliphatic heterocycles. The molecule has 0 spiro atoms. The number of hydrogen-bond donors (Lipinski definition) is 2. The Bertz CT molecular complexity index is 279. The molecule has 0 aliphatic carbocycles. The monoisotopic (exact) mass is 182 g/mol. The van der Waals surface area contributed by atoms with Gasteiger partial charge >= 0.3 is 0 Å². The highest BCUT2D eigenvalue weighted by Gasteiger charge is 2.12. The molecule has 0 fully saturated rings. The van der Waals surface area contributed by atoms with Gasteiger partial charge in [0.15, 0.2) is 0 Å². The van der Waals surface area contributed by atoms with Crippen LogP contribution < -0.4 is 0 Å². The van der Waals surface area contributed by atoms with Crippen LogP contribution in [0.1, 0.15) is 17.2 Å². The Morgan fingerprint density at radius 1 is 1.42 bits per heavy atom. The Morgan fingerprint density at radius 2 is 1.92 bits per heavy atom. The van der Waals surface area contributed by atoms with Gasteiger partial charge in [0.05, 0.1) is 0 Å². The van der Waals surface area contributed by atoms with Crippen molar-refractivity contribution >= 4 is 17.7 Å². The second-order valence-corrected chi connectivity index (χ2v) is 3.09. The summed E-state index contributed by atoms with van der Waals surface area (Å²) < 4.78 is 0. The highest BCUT2D eigenvalue weighted by atomic mass is 32.1. The molecule has 1 rings (SSSR count). The van der Waals surface area contributed by atoms with Crippen LogP contribution in [0.25, 0.3) is 0 Å². The Morgan fingerprint density at radius 3 is 2.33 bits per heavy atom. The fourth-order valence-electron chi connectivity index (χ4n) is 0.891. The highest BCUT2D eigenvalue weighted by Crippen LogP contribution is 2.15. The molecular weight excluding hydrogens is 172 g/mol. The molecule has 0 bridgehead atoms. The van der Waals surface area contributed by atoms with Crippen LogP contribution in [-0.2, 0) is 4.79 Å². The Kier molecular flexibility index (Phi) is 2.89. The topological polar surface area (TPSA) is 37.3 Å². The van der Waals surface area contributed by atoms with E-state index < -0.39 is 11.2 Å². The first-order valence-electron chi connectivity index (χ1n) is 3.58. The number of hydrogen-bond acceptors (Lipinski definition) is 2. The number of rotatable bonds is 2. The molecule has 0 amide bonds. The standard InChI is InChI=1S/C9H10O2S/c1-6-2-4-7(5-3-6)8(10)9(11)12/h2-5,8,10H,1H3,(H,11,12)/t8-/m0/s1. The van der Waals surface area contributed by atoms with Gasteiger partial charge in [0.1, 0.15) is 6.10 Å². The number of aliphatic hydroxyl groups excluding tert-OH is 1. The SMILES string of the molecule is Cc1ccc([C@H](O)C(=O)S)cc1. The van der Waals surface area contributed by atoms with Gasteiger partial charge in [-0.2, -0.15) is 0 Å². The van der Waals surface area contributed by atoms with Crippen molar-refractivity contribution in [2.24, 2.45) is 0 Å². The quantitative estimate of drug-likeness (QED) is 0.680. The molecule has 0 saturated carbocycles. The van der Waals surface area contributed by atoms with E-state index in [4.69, 9.17) is 0 Å². The largest absolute Gasteiger partial charge is 0.380 e. The minimum atomic E-state index is -1.10. The lowest BCUT2D eigenvalue weighted by Crippen LogP contribution is -2.04. The zero-order valence-electron chi connectivity index (χ0n) is 6.69. The van der Waals surface area contributed by atoms with Crippen LogP contribution >= 0.6 is 12.6 Å². The molecule has 1 aromatic carbocycles. The van der Waals surface area contributed by atoms with Crippen LogP contribution in [-0.4, -0.2) is 10.2 Å². The van der Waals surface area contributed by atoms with Crippen molar-refractivity contribution < 1.29 is 9.90 Å². The van der Waals surface area contributed by atoms with E-state index in [1.807, 2.05) is 19.1 Å².